The van der Waals surface area contributed by atoms with Gasteiger partial charge < -0.3 is 19.7 Å². The summed E-state index contributed by atoms with van der Waals surface area (Å²) in [5.41, 5.74) is 1.10. The molecule has 0 fully saturated rings. The quantitative estimate of drug-likeness (QED) is 0.424. The van der Waals surface area contributed by atoms with Gasteiger partial charge in [0.15, 0.2) is 11.5 Å². The molecule has 2 aromatic rings. The number of carbonyl (C=O) groups is 2. The van der Waals surface area contributed by atoms with Crippen LogP contribution in [-0.2, 0) is 26.2 Å². The van der Waals surface area contributed by atoms with Crippen molar-refractivity contribution in [2.24, 2.45) is 0 Å². The molecular formula is C26H34BrN3O6S. The summed E-state index contributed by atoms with van der Waals surface area (Å²) in [5, 5.41) is 2.92. The minimum absolute atomic E-state index is 0.0609. The normalized spacial score (nSPS) is 14.4. The summed E-state index contributed by atoms with van der Waals surface area (Å²) in [4.78, 5) is 28.1. The number of benzene rings is 2. The minimum Gasteiger partial charge on any atom is -0.486 e. The number of amides is 2. The molecule has 0 aromatic heterocycles. The first-order valence-corrected chi connectivity index (χ1v) is 14.7. The van der Waals surface area contributed by atoms with Gasteiger partial charge in [0.1, 0.15) is 25.8 Å². The standard InChI is InChI=1S/C26H34BrN3O6S/c1-5-18(3)28-26(32)19(4)29(16-20-7-9-21(27)10-8-20)25(31)17-30(37(33,34)6-2)22-11-12-23-24(15-22)36-14-13-35-23/h7-12,15,18-19H,5-6,13-14,16-17H2,1-4H3,(H,28,32)/t18-,19+/m0/s1. The van der Waals surface area contributed by atoms with Crippen molar-refractivity contribution in [3.63, 3.8) is 0 Å². The maximum atomic E-state index is 13.7. The molecule has 0 unspecified atom stereocenters. The van der Waals surface area contributed by atoms with Crippen LogP contribution in [0.3, 0.4) is 0 Å². The van der Waals surface area contributed by atoms with E-state index in [1.165, 1.54) is 11.8 Å². The average Bonchev–Trinajstić information content (AvgIpc) is 2.90. The Morgan fingerprint density at radius 2 is 1.68 bits per heavy atom. The van der Waals surface area contributed by atoms with Crippen LogP contribution in [0.5, 0.6) is 11.5 Å². The van der Waals surface area contributed by atoms with Crippen molar-refractivity contribution in [2.75, 3.05) is 29.8 Å². The Labute approximate surface area is 227 Å². The molecule has 0 bridgehead atoms. The molecule has 2 aromatic carbocycles. The van der Waals surface area contributed by atoms with Crippen molar-refractivity contribution in [2.45, 2.75) is 52.7 Å². The number of hydrogen-bond donors (Lipinski definition) is 1. The van der Waals surface area contributed by atoms with Crippen LogP contribution in [-0.4, -0.2) is 62.7 Å². The van der Waals surface area contributed by atoms with Crippen LogP contribution in [0, 0.1) is 0 Å². The van der Waals surface area contributed by atoms with Crippen molar-refractivity contribution in [3.8, 4) is 11.5 Å². The summed E-state index contributed by atoms with van der Waals surface area (Å²) in [6.45, 7) is 7.45. The highest BCUT2D eigenvalue weighted by atomic mass is 79.9. The Balaban J connectivity index is 1.94. The van der Waals surface area contributed by atoms with E-state index < -0.39 is 28.5 Å². The van der Waals surface area contributed by atoms with E-state index in [4.69, 9.17) is 9.47 Å². The molecule has 37 heavy (non-hydrogen) atoms. The fourth-order valence-corrected chi connectivity index (χ4v) is 5.06. The molecule has 1 aliphatic heterocycles. The van der Waals surface area contributed by atoms with Crippen molar-refractivity contribution < 1.29 is 27.5 Å². The zero-order valence-corrected chi connectivity index (χ0v) is 24.0. The van der Waals surface area contributed by atoms with E-state index in [9.17, 15) is 18.0 Å². The van der Waals surface area contributed by atoms with Gasteiger partial charge in [0.25, 0.3) is 0 Å². The lowest BCUT2D eigenvalue weighted by molar-refractivity contribution is -0.139. The topological polar surface area (TPSA) is 105 Å². The van der Waals surface area contributed by atoms with Gasteiger partial charge in [-0.25, -0.2) is 8.42 Å². The molecule has 0 saturated carbocycles. The third-order valence-electron chi connectivity index (χ3n) is 6.23. The van der Waals surface area contributed by atoms with Crippen LogP contribution < -0.4 is 19.1 Å². The number of sulfonamides is 1. The molecule has 1 heterocycles. The Kier molecular flexibility index (Phi) is 9.83. The molecule has 0 radical (unpaired) electrons. The molecule has 9 nitrogen and oxygen atoms in total. The maximum absolute atomic E-state index is 13.7. The lowest BCUT2D eigenvalue weighted by atomic mass is 10.1. The predicted molar refractivity (Wildman–Crippen MR) is 146 cm³/mol. The third-order valence-corrected chi connectivity index (χ3v) is 8.50. The third kappa shape index (κ3) is 7.38. The van der Waals surface area contributed by atoms with Crippen LogP contribution in [0.4, 0.5) is 5.69 Å². The van der Waals surface area contributed by atoms with Gasteiger partial charge in [0.05, 0.1) is 11.4 Å². The molecule has 2 atom stereocenters. The fourth-order valence-electron chi connectivity index (χ4n) is 3.74. The van der Waals surface area contributed by atoms with Crippen LogP contribution in [0.1, 0.15) is 39.7 Å². The SMILES string of the molecule is CC[C@H](C)NC(=O)[C@@H](C)N(Cc1ccc(Br)cc1)C(=O)CN(c1ccc2c(c1)OCCO2)S(=O)(=O)CC. The first-order chi connectivity index (χ1) is 17.6. The highest BCUT2D eigenvalue weighted by Crippen LogP contribution is 2.35. The number of rotatable bonds is 11. The van der Waals surface area contributed by atoms with Crippen molar-refractivity contribution in [1.82, 2.24) is 10.2 Å². The number of carbonyl (C=O) groups excluding carboxylic acids is 2. The second kappa shape index (κ2) is 12.6. The Morgan fingerprint density at radius 3 is 2.30 bits per heavy atom. The summed E-state index contributed by atoms with van der Waals surface area (Å²) < 4.78 is 39.3. The lowest BCUT2D eigenvalue weighted by Crippen LogP contribution is -2.52. The number of hydrogen-bond acceptors (Lipinski definition) is 6. The molecule has 202 valence electrons. The molecule has 0 saturated heterocycles. The second-order valence-corrected chi connectivity index (χ2v) is 12.0. The van der Waals surface area contributed by atoms with Crippen LogP contribution in [0.25, 0.3) is 0 Å². The van der Waals surface area contributed by atoms with E-state index in [2.05, 4.69) is 21.2 Å². The molecule has 0 aliphatic carbocycles. The van der Waals surface area contributed by atoms with Gasteiger partial charge in [-0.15, -0.1) is 0 Å². The highest BCUT2D eigenvalue weighted by Gasteiger charge is 2.32. The van der Waals surface area contributed by atoms with Crippen molar-refractivity contribution in [1.29, 1.82) is 0 Å². The van der Waals surface area contributed by atoms with Gasteiger partial charge in [0.2, 0.25) is 21.8 Å². The molecule has 0 spiro atoms. The molecule has 2 amide bonds. The Bertz CT molecular complexity index is 1210. The summed E-state index contributed by atoms with van der Waals surface area (Å²) >= 11 is 3.41. The van der Waals surface area contributed by atoms with Crippen LogP contribution >= 0.6 is 15.9 Å². The Hall–Kier alpha value is -2.79. The summed E-state index contributed by atoms with van der Waals surface area (Å²) in [6, 6.07) is 11.3. The van der Waals surface area contributed by atoms with E-state index in [1.807, 2.05) is 38.1 Å². The summed E-state index contributed by atoms with van der Waals surface area (Å²) in [5.74, 6) is -0.0700. The van der Waals surface area contributed by atoms with Gasteiger partial charge >= 0.3 is 0 Å². The predicted octanol–water partition coefficient (Wildman–Crippen LogP) is 3.71. The number of nitrogens with one attached hydrogen (secondary N) is 1. The van der Waals surface area contributed by atoms with Gasteiger partial charge in [-0.2, -0.15) is 0 Å². The van der Waals surface area contributed by atoms with Crippen molar-refractivity contribution in [3.05, 3.63) is 52.5 Å². The zero-order chi connectivity index (χ0) is 27.2. The Morgan fingerprint density at radius 1 is 1.03 bits per heavy atom. The summed E-state index contributed by atoms with van der Waals surface area (Å²) in [6.07, 6.45) is 0.742. The van der Waals surface area contributed by atoms with E-state index in [0.717, 1.165) is 20.8 Å². The van der Waals surface area contributed by atoms with Gasteiger partial charge in [-0.1, -0.05) is 35.0 Å². The van der Waals surface area contributed by atoms with Crippen LogP contribution in [0.2, 0.25) is 0 Å². The number of nitrogens with zero attached hydrogens (tertiary/aromatic N) is 2. The monoisotopic (exact) mass is 595 g/mol. The van der Waals surface area contributed by atoms with Crippen molar-refractivity contribution >= 4 is 43.5 Å². The molecular weight excluding hydrogens is 562 g/mol. The fraction of sp³-hybridized carbons (Fsp3) is 0.462. The van der Waals surface area contributed by atoms with Gasteiger partial charge in [0, 0.05) is 23.1 Å². The highest BCUT2D eigenvalue weighted by molar-refractivity contribution is 9.10. The first-order valence-electron chi connectivity index (χ1n) is 12.3. The smallest absolute Gasteiger partial charge is 0.244 e. The lowest BCUT2D eigenvalue weighted by Gasteiger charge is -2.32. The van der Waals surface area contributed by atoms with Gasteiger partial charge in [-0.05, 0) is 57.0 Å². The van der Waals surface area contributed by atoms with E-state index in [1.54, 1.807) is 25.1 Å². The number of ether oxygens (including phenoxy) is 2. The largest absolute Gasteiger partial charge is 0.486 e. The van der Waals surface area contributed by atoms with Crippen LogP contribution in [0.15, 0.2) is 46.9 Å². The van der Waals surface area contributed by atoms with E-state index in [-0.39, 0.29) is 24.2 Å². The minimum atomic E-state index is -3.83. The van der Waals surface area contributed by atoms with E-state index >= 15 is 0 Å². The number of anilines is 1. The number of fused-ring (bicyclic) bond motifs is 1. The summed E-state index contributed by atoms with van der Waals surface area (Å²) in [7, 11) is -3.83. The molecule has 1 aliphatic rings. The average molecular weight is 597 g/mol. The maximum Gasteiger partial charge on any atom is 0.244 e. The molecule has 3 rings (SSSR count). The van der Waals surface area contributed by atoms with E-state index in [0.29, 0.717) is 30.4 Å². The second-order valence-electron chi connectivity index (χ2n) is 8.88. The molecule has 11 heteroatoms. The van der Waals surface area contributed by atoms with Gasteiger partial charge in [-0.3, -0.25) is 13.9 Å². The number of halogens is 1. The molecule has 1 N–H and O–H groups in total. The zero-order valence-electron chi connectivity index (χ0n) is 21.6. The first kappa shape index (κ1) is 28.8.